The molecule has 0 heterocycles. The number of ketones is 3. The van der Waals surface area contributed by atoms with Gasteiger partial charge in [-0.2, -0.15) is 0 Å². The van der Waals surface area contributed by atoms with E-state index < -0.39 is 5.78 Å². The van der Waals surface area contributed by atoms with E-state index in [4.69, 9.17) is 0 Å². The number of carbonyl (C=O) groups excluding carboxylic acids is 3. The first-order valence-electron chi connectivity index (χ1n) is 9.32. The van der Waals surface area contributed by atoms with Gasteiger partial charge >= 0.3 is 0 Å². The number of hydrogen-bond acceptors (Lipinski definition) is 3. The minimum Gasteiger partial charge on any atom is -0.300 e. The van der Waals surface area contributed by atoms with Gasteiger partial charge in [0.25, 0.3) is 0 Å². The first kappa shape index (κ1) is 21.3. The lowest BCUT2D eigenvalue weighted by atomic mass is 9.75. The SMILES string of the molecule is CCC[C@@H](/C=C/C[C@H]1C=CCC(C)(C)C1)C(=O)C(=O)/C=C/CC(C)=O. The van der Waals surface area contributed by atoms with E-state index in [2.05, 4.69) is 32.1 Å². The van der Waals surface area contributed by atoms with Crippen molar-refractivity contribution in [3.8, 4) is 0 Å². The number of carbonyl (C=O) groups is 3. The zero-order valence-corrected chi connectivity index (χ0v) is 16.1. The molecule has 0 aliphatic heterocycles. The highest BCUT2D eigenvalue weighted by atomic mass is 16.2. The summed E-state index contributed by atoms with van der Waals surface area (Å²) >= 11 is 0. The van der Waals surface area contributed by atoms with Crippen molar-refractivity contribution >= 4 is 17.3 Å². The third kappa shape index (κ3) is 8.24. The van der Waals surface area contributed by atoms with Crippen molar-refractivity contribution in [2.45, 2.75) is 66.2 Å². The Morgan fingerprint density at radius 2 is 1.96 bits per heavy atom. The second-order valence-electron chi connectivity index (χ2n) is 7.86. The number of hydrogen-bond donors (Lipinski definition) is 0. The average molecular weight is 344 g/mol. The standard InChI is InChI=1S/C22H32O3/c1-5-9-19(21(25)20(24)14-6-10-17(2)23)13-7-11-18-12-8-15-22(3,4)16-18/h6-8,12-14,18-19H,5,9-11,15-16H2,1-4H3/b13-7+,14-6+/t18-,19-/m0/s1. The molecule has 25 heavy (non-hydrogen) atoms. The zero-order valence-electron chi connectivity index (χ0n) is 16.1. The summed E-state index contributed by atoms with van der Waals surface area (Å²) in [5.74, 6) is -0.769. The largest absolute Gasteiger partial charge is 0.300 e. The Labute approximate surface area is 152 Å². The summed E-state index contributed by atoms with van der Waals surface area (Å²) in [4.78, 5) is 35.2. The van der Waals surface area contributed by atoms with E-state index in [9.17, 15) is 14.4 Å². The molecular formula is C22H32O3. The van der Waals surface area contributed by atoms with Gasteiger partial charge in [0.05, 0.1) is 0 Å². The summed E-state index contributed by atoms with van der Waals surface area (Å²) in [6.45, 7) is 8.03. The van der Waals surface area contributed by atoms with Crippen LogP contribution in [0.15, 0.2) is 36.5 Å². The Hall–Kier alpha value is -1.77. The molecule has 0 radical (unpaired) electrons. The van der Waals surface area contributed by atoms with Crippen LogP contribution in [0.25, 0.3) is 0 Å². The predicted molar refractivity (Wildman–Crippen MR) is 102 cm³/mol. The zero-order chi connectivity index (χ0) is 18.9. The number of rotatable bonds is 10. The topological polar surface area (TPSA) is 51.2 Å². The molecule has 0 amide bonds. The third-order valence-corrected chi connectivity index (χ3v) is 4.55. The van der Waals surface area contributed by atoms with Crippen molar-refractivity contribution in [2.24, 2.45) is 17.3 Å². The highest BCUT2D eigenvalue weighted by Crippen LogP contribution is 2.36. The van der Waals surface area contributed by atoms with Crippen LogP contribution in [0.3, 0.4) is 0 Å². The van der Waals surface area contributed by atoms with Gasteiger partial charge < -0.3 is 0 Å². The summed E-state index contributed by atoms with van der Waals surface area (Å²) in [6.07, 6.45) is 16.1. The Balaban J connectivity index is 2.63. The minimum atomic E-state index is -0.511. The van der Waals surface area contributed by atoms with Gasteiger partial charge in [-0.15, -0.1) is 0 Å². The molecule has 0 saturated carbocycles. The van der Waals surface area contributed by atoms with Crippen LogP contribution in [0.2, 0.25) is 0 Å². The van der Waals surface area contributed by atoms with E-state index in [-0.39, 0.29) is 23.9 Å². The summed E-state index contributed by atoms with van der Waals surface area (Å²) in [6, 6.07) is 0. The minimum absolute atomic E-state index is 0.0232. The van der Waals surface area contributed by atoms with E-state index in [1.165, 1.54) is 19.1 Å². The molecule has 0 N–H and O–H groups in total. The van der Waals surface area contributed by atoms with Crippen molar-refractivity contribution in [3.05, 3.63) is 36.5 Å². The summed E-state index contributed by atoms with van der Waals surface area (Å²) in [5.41, 5.74) is 0.337. The quantitative estimate of drug-likeness (QED) is 0.318. The monoisotopic (exact) mass is 344 g/mol. The Kier molecular flexibility index (Phi) is 8.74. The molecular weight excluding hydrogens is 312 g/mol. The molecule has 138 valence electrons. The van der Waals surface area contributed by atoms with Crippen LogP contribution in [0.4, 0.5) is 0 Å². The van der Waals surface area contributed by atoms with Crippen LogP contribution in [0.1, 0.15) is 66.2 Å². The van der Waals surface area contributed by atoms with Crippen LogP contribution in [-0.2, 0) is 14.4 Å². The van der Waals surface area contributed by atoms with E-state index in [0.717, 1.165) is 25.7 Å². The van der Waals surface area contributed by atoms with Crippen molar-refractivity contribution in [1.82, 2.24) is 0 Å². The first-order chi connectivity index (χ1) is 11.7. The molecule has 0 aromatic carbocycles. The molecule has 1 rings (SSSR count). The lowest BCUT2D eigenvalue weighted by Crippen LogP contribution is -2.21. The van der Waals surface area contributed by atoms with Crippen LogP contribution < -0.4 is 0 Å². The first-order valence-corrected chi connectivity index (χ1v) is 9.32. The molecule has 0 aromatic rings. The van der Waals surface area contributed by atoms with Crippen LogP contribution in [-0.4, -0.2) is 17.3 Å². The molecule has 3 heteroatoms. The Bertz CT molecular complexity index is 564. The van der Waals surface area contributed by atoms with Crippen molar-refractivity contribution < 1.29 is 14.4 Å². The third-order valence-electron chi connectivity index (χ3n) is 4.55. The molecule has 3 nitrogen and oxygen atoms in total. The van der Waals surface area contributed by atoms with Crippen molar-refractivity contribution in [1.29, 1.82) is 0 Å². The lowest BCUT2D eigenvalue weighted by Gasteiger charge is -2.30. The fourth-order valence-corrected chi connectivity index (χ4v) is 3.24. The highest BCUT2D eigenvalue weighted by molar-refractivity contribution is 6.42. The molecule has 0 saturated heterocycles. The molecule has 0 aromatic heterocycles. The van der Waals surface area contributed by atoms with Gasteiger partial charge in [0.15, 0.2) is 0 Å². The maximum atomic E-state index is 12.3. The number of allylic oxidation sites excluding steroid dienone is 6. The van der Waals surface area contributed by atoms with E-state index in [0.29, 0.717) is 17.8 Å². The molecule has 0 unspecified atom stereocenters. The highest BCUT2D eigenvalue weighted by Gasteiger charge is 2.24. The van der Waals surface area contributed by atoms with Gasteiger partial charge in [-0.1, -0.05) is 57.6 Å². The van der Waals surface area contributed by atoms with Gasteiger partial charge in [0, 0.05) is 12.3 Å². The second kappa shape index (κ2) is 10.3. The van der Waals surface area contributed by atoms with Crippen LogP contribution >= 0.6 is 0 Å². The summed E-state index contributed by atoms with van der Waals surface area (Å²) < 4.78 is 0. The fraction of sp³-hybridized carbons (Fsp3) is 0.591. The fourth-order valence-electron chi connectivity index (χ4n) is 3.24. The number of Topliss-reactive ketones (excluding diaryl/α,β-unsaturated/α-hetero) is 2. The van der Waals surface area contributed by atoms with E-state index in [1.807, 2.05) is 13.0 Å². The average Bonchev–Trinajstić information content (AvgIpc) is 2.52. The van der Waals surface area contributed by atoms with Crippen molar-refractivity contribution in [3.63, 3.8) is 0 Å². The smallest absolute Gasteiger partial charge is 0.221 e. The molecule has 1 aliphatic rings. The van der Waals surface area contributed by atoms with Gasteiger partial charge in [-0.3, -0.25) is 14.4 Å². The van der Waals surface area contributed by atoms with E-state index in [1.54, 1.807) is 0 Å². The van der Waals surface area contributed by atoms with Gasteiger partial charge in [0.2, 0.25) is 11.6 Å². The van der Waals surface area contributed by atoms with E-state index >= 15 is 0 Å². The second-order valence-corrected chi connectivity index (χ2v) is 7.86. The Morgan fingerprint density at radius 1 is 1.24 bits per heavy atom. The van der Waals surface area contributed by atoms with Crippen LogP contribution in [0.5, 0.6) is 0 Å². The van der Waals surface area contributed by atoms with Crippen molar-refractivity contribution in [2.75, 3.05) is 0 Å². The Morgan fingerprint density at radius 3 is 2.56 bits per heavy atom. The summed E-state index contributed by atoms with van der Waals surface area (Å²) in [7, 11) is 0. The maximum absolute atomic E-state index is 12.3. The molecule has 0 fully saturated rings. The van der Waals surface area contributed by atoms with Gasteiger partial charge in [0.1, 0.15) is 5.78 Å². The maximum Gasteiger partial charge on any atom is 0.221 e. The summed E-state index contributed by atoms with van der Waals surface area (Å²) in [5, 5.41) is 0. The predicted octanol–water partition coefficient (Wildman–Crippen LogP) is 5.01. The molecule has 2 atom stereocenters. The molecule has 0 spiro atoms. The lowest BCUT2D eigenvalue weighted by molar-refractivity contribution is -0.135. The normalized spacial score (nSPS) is 20.9. The molecule has 1 aliphatic carbocycles. The van der Waals surface area contributed by atoms with Gasteiger partial charge in [-0.05, 0) is 50.0 Å². The molecule has 0 bridgehead atoms. The van der Waals surface area contributed by atoms with Crippen LogP contribution in [0, 0.1) is 17.3 Å². The van der Waals surface area contributed by atoms with Gasteiger partial charge in [-0.25, -0.2) is 0 Å².